The highest BCUT2D eigenvalue weighted by molar-refractivity contribution is 9.09. The van der Waals surface area contributed by atoms with E-state index in [-0.39, 0.29) is 16.3 Å². The maximum absolute atomic E-state index is 11.8. The van der Waals surface area contributed by atoms with Gasteiger partial charge in [-0.2, -0.15) is 0 Å². The fourth-order valence-corrected chi connectivity index (χ4v) is 1.17. The standard InChI is InChI=1S/C11H16BrNO2/c1-7-5-6-15-9(7)10(14)13-11(3,4)8(2)12/h5-6,8H,1-4H3,(H,13,14). The average Bonchev–Trinajstić information content (AvgIpc) is 2.50. The number of halogens is 1. The molecule has 0 aliphatic carbocycles. The van der Waals surface area contributed by atoms with Gasteiger partial charge in [0.25, 0.3) is 5.91 Å². The molecule has 1 heterocycles. The van der Waals surface area contributed by atoms with Crippen molar-refractivity contribution in [3.63, 3.8) is 0 Å². The molecule has 1 unspecified atom stereocenters. The Kier molecular flexibility index (Phi) is 3.60. The van der Waals surface area contributed by atoms with Gasteiger partial charge in [0.1, 0.15) is 0 Å². The first-order valence-corrected chi connectivity index (χ1v) is 5.77. The van der Waals surface area contributed by atoms with Crippen molar-refractivity contribution in [2.24, 2.45) is 0 Å². The molecule has 0 saturated carbocycles. The summed E-state index contributed by atoms with van der Waals surface area (Å²) in [5.74, 6) is 0.213. The summed E-state index contributed by atoms with van der Waals surface area (Å²) < 4.78 is 5.12. The van der Waals surface area contributed by atoms with E-state index in [1.165, 1.54) is 6.26 Å². The first-order valence-electron chi connectivity index (χ1n) is 4.85. The summed E-state index contributed by atoms with van der Waals surface area (Å²) in [6.07, 6.45) is 1.52. The van der Waals surface area contributed by atoms with Crippen LogP contribution in [-0.4, -0.2) is 16.3 Å². The smallest absolute Gasteiger partial charge is 0.287 e. The minimum Gasteiger partial charge on any atom is -0.459 e. The maximum Gasteiger partial charge on any atom is 0.287 e. The van der Waals surface area contributed by atoms with Crippen LogP contribution in [0.3, 0.4) is 0 Å². The average molecular weight is 274 g/mol. The number of nitrogens with one attached hydrogen (secondary N) is 1. The predicted molar refractivity (Wildman–Crippen MR) is 63.4 cm³/mol. The number of aryl methyl sites for hydroxylation is 1. The van der Waals surface area contributed by atoms with Gasteiger partial charge in [-0.15, -0.1) is 0 Å². The molecule has 3 nitrogen and oxygen atoms in total. The normalized spacial score (nSPS) is 13.7. The van der Waals surface area contributed by atoms with E-state index in [9.17, 15) is 4.79 Å². The highest BCUT2D eigenvalue weighted by Crippen LogP contribution is 2.18. The largest absolute Gasteiger partial charge is 0.459 e. The van der Waals surface area contributed by atoms with E-state index in [1.807, 2.05) is 27.7 Å². The van der Waals surface area contributed by atoms with E-state index in [0.29, 0.717) is 5.76 Å². The molecule has 1 rings (SSSR count). The quantitative estimate of drug-likeness (QED) is 0.861. The molecule has 0 aliphatic rings. The molecule has 0 aromatic carbocycles. The Balaban J connectivity index is 2.77. The van der Waals surface area contributed by atoms with E-state index in [4.69, 9.17) is 4.42 Å². The number of hydrogen-bond acceptors (Lipinski definition) is 2. The number of amides is 1. The topological polar surface area (TPSA) is 42.2 Å². The van der Waals surface area contributed by atoms with Crippen LogP contribution in [0.15, 0.2) is 16.7 Å². The van der Waals surface area contributed by atoms with Crippen molar-refractivity contribution in [2.75, 3.05) is 0 Å². The Bertz CT molecular complexity index is 355. The lowest BCUT2D eigenvalue weighted by Crippen LogP contribution is -2.48. The van der Waals surface area contributed by atoms with Gasteiger partial charge in [-0.3, -0.25) is 4.79 Å². The van der Waals surface area contributed by atoms with Crippen LogP contribution in [0.25, 0.3) is 0 Å². The fraction of sp³-hybridized carbons (Fsp3) is 0.545. The fourth-order valence-electron chi connectivity index (χ4n) is 1.05. The highest BCUT2D eigenvalue weighted by atomic mass is 79.9. The number of rotatable bonds is 3. The van der Waals surface area contributed by atoms with Crippen LogP contribution in [0.5, 0.6) is 0 Å². The Morgan fingerprint density at radius 2 is 2.20 bits per heavy atom. The van der Waals surface area contributed by atoms with Crippen LogP contribution in [0.1, 0.15) is 36.9 Å². The second-order valence-electron chi connectivity index (χ2n) is 4.22. The van der Waals surface area contributed by atoms with Gasteiger partial charge < -0.3 is 9.73 Å². The molecule has 0 bridgehead atoms. The first-order chi connectivity index (χ1) is 6.84. The van der Waals surface area contributed by atoms with Crippen molar-refractivity contribution in [2.45, 2.75) is 38.1 Å². The van der Waals surface area contributed by atoms with Crippen molar-refractivity contribution in [3.8, 4) is 0 Å². The molecule has 0 radical (unpaired) electrons. The van der Waals surface area contributed by atoms with Gasteiger partial charge in [-0.25, -0.2) is 0 Å². The lowest BCUT2D eigenvalue weighted by atomic mass is 10.0. The summed E-state index contributed by atoms with van der Waals surface area (Å²) in [4.78, 5) is 12.0. The predicted octanol–water partition coefficient (Wildman–Crippen LogP) is 2.88. The van der Waals surface area contributed by atoms with Crippen molar-refractivity contribution < 1.29 is 9.21 Å². The zero-order valence-corrected chi connectivity index (χ0v) is 11.0. The monoisotopic (exact) mass is 273 g/mol. The molecule has 15 heavy (non-hydrogen) atoms. The van der Waals surface area contributed by atoms with Crippen LogP contribution in [0.2, 0.25) is 0 Å². The summed E-state index contributed by atoms with van der Waals surface area (Å²) in [6, 6.07) is 1.78. The third-order valence-corrected chi connectivity index (χ3v) is 3.64. The molecular formula is C11H16BrNO2. The lowest BCUT2D eigenvalue weighted by molar-refractivity contribution is 0.0884. The van der Waals surface area contributed by atoms with Gasteiger partial charge in [0.05, 0.1) is 6.26 Å². The van der Waals surface area contributed by atoms with Crippen LogP contribution >= 0.6 is 15.9 Å². The number of hydrogen-bond donors (Lipinski definition) is 1. The third-order valence-electron chi connectivity index (χ3n) is 2.50. The third kappa shape index (κ3) is 2.84. The lowest BCUT2D eigenvalue weighted by Gasteiger charge is -2.28. The molecule has 0 spiro atoms. The van der Waals surface area contributed by atoms with E-state index < -0.39 is 0 Å². The second kappa shape index (κ2) is 4.39. The second-order valence-corrected chi connectivity index (χ2v) is 5.60. The molecule has 84 valence electrons. The van der Waals surface area contributed by atoms with Crippen LogP contribution in [0.4, 0.5) is 0 Å². The first kappa shape index (κ1) is 12.3. The van der Waals surface area contributed by atoms with Gasteiger partial charge in [0.2, 0.25) is 0 Å². The number of furan rings is 1. The SMILES string of the molecule is Cc1ccoc1C(=O)NC(C)(C)C(C)Br. The summed E-state index contributed by atoms with van der Waals surface area (Å²) in [7, 11) is 0. The van der Waals surface area contributed by atoms with Crippen LogP contribution in [0, 0.1) is 6.92 Å². The molecule has 0 fully saturated rings. The molecule has 4 heteroatoms. The minimum absolute atomic E-state index is 0.172. The molecule has 1 atom stereocenters. The Morgan fingerprint density at radius 3 is 2.60 bits per heavy atom. The Morgan fingerprint density at radius 1 is 1.60 bits per heavy atom. The van der Waals surface area contributed by atoms with Crippen LogP contribution in [-0.2, 0) is 0 Å². The molecular weight excluding hydrogens is 258 g/mol. The van der Waals surface area contributed by atoms with Gasteiger partial charge in [0, 0.05) is 15.9 Å². The Hall–Kier alpha value is -0.770. The van der Waals surface area contributed by atoms with Crippen molar-refractivity contribution in [3.05, 3.63) is 23.7 Å². The summed E-state index contributed by atoms with van der Waals surface area (Å²) >= 11 is 3.46. The molecule has 0 saturated heterocycles. The molecule has 1 amide bonds. The van der Waals surface area contributed by atoms with Gasteiger partial charge in [0.15, 0.2) is 5.76 Å². The van der Waals surface area contributed by atoms with Crippen LogP contribution < -0.4 is 5.32 Å². The van der Waals surface area contributed by atoms with E-state index in [1.54, 1.807) is 6.07 Å². The number of carbonyl (C=O) groups is 1. The molecule has 1 aromatic rings. The summed E-state index contributed by atoms with van der Waals surface area (Å²) in [5, 5.41) is 2.92. The Labute approximate surface area is 98.4 Å². The van der Waals surface area contributed by atoms with Gasteiger partial charge >= 0.3 is 0 Å². The van der Waals surface area contributed by atoms with Crippen molar-refractivity contribution in [1.82, 2.24) is 5.32 Å². The van der Waals surface area contributed by atoms with E-state index in [2.05, 4.69) is 21.2 Å². The van der Waals surface area contributed by atoms with Crippen molar-refractivity contribution >= 4 is 21.8 Å². The van der Waals surface area contributed by atoms with Crippen molar-refractivity contribution in [1.29, 1.82) is 0 Å². The maximum atomic E-state index is 11.8. The minimum atomic E-state index is -0.309. The number of carbonyl (C=O) groups excluding carboxylic acids is 1. The molecule has 1 aromatic heterocycles. The molecule has 0 aliphatic heterocycles. The van der Waals surface area contributed by atoms with E-state index in [0.717, 1.165) is 5.56 Å². The number of alkyl halides is 1. The van der Waals surface area contributed by atoms with Gasteiger partial charge in [-0.05, 0) is 26.8 Å². The van der Waals surface area contributed by atoms with Gasteiger partial charge in [-0.1, -0.05) is 22.9 Å². The summed E-state index contributed by atoms with van der Waals surface area (Å²) in [5.41, 5.74) is 0.543. The zero-order valence-electron chi connectivity index (χ0n) is 9.43. The van der Waals surface area contributed by atoms with E-state index >= 15 is 0 Å². The summed E-state index contributed by atoms with van der Waals surface area (Å²) in [6.45, 7) is 7.77. The highest BCUT2D eigenvalue weighted by Gasteiger charge is 2.27. The zero-order chi connectivity index (χ0) is 11.6. The molecule has 1 N–H and O–H groups in total.